The van der Waals surface area contributed by atoms with E-state index in [2.05, 4.69) is 54.7 Å². The van der Waals surface area contributed by atoms with Crippen molar-refractivity contribution in [1.29, 1.82) is 0 Å². The van der Waals surface area contributed by atoms with Crippen LogP contribution in [-0.4, -0.2) is 85.3 Å². The minimum absolute atomic E-state index is 0. The lowest BCUT2D eigenvalue weighted by molar-refractivity contribution is 0.0186. The van der Waals surface area contributed by atoms with Gasteiger partial charge in [-0.25, -0.2) is 0 Å². The molecular formula is C20H34IN7O2S. The fraction of sp³-hybridized carbons (Fsp3) is 0.650. The summed E-state index contributed by atoms with van der Waals surface area (Å²) in [4.78, 5) is 8.72. The Morgan fingerprint density at radius 3 is 2.84 bits per heavy atom. The van der Waals surface area contributed by atoms with Gasteiger partial charge in [0.25, 0.3) is 0 Å². The first-order valence-electron chi connectivity index (χ1n) is 10.5. The summed E-state index contributed by atoms with van der Waals surface area (Å²) in [7, 11) is 1.70. The van der Waals surface area contributed by atoms with E-state index in [1.54, 1.807) is 24.8 Å². The van der Waals surface area contributed by atoms with Crippen molar-refractivity contribution in [3.63, 3.8) is 0 Å². The lowest BCUT2D eigenvalue weighted by Gasteiger charge is -2.33. The van der Waals surface area contributed by atoms with Crippen LogP contribution < -0.4 is 10.6 Å². The smallest absolute Gasteiger partial charge is 0.191 e. The monoisotopic (exact) mass is 563 g/mol. The number of nitrogens with one attached hydrogen (secondary N) is 2. The number of aliphatic imine (C=N–C) groups is 1. The molecule has 0 bridgehead atoms. The third kappa shape index (κ3) is 8.29. The molecule has 0 spiro atoms. The summed E-state index contributed by atoms with van der Waals surface area (Å²) in [6.45, 7) is 9.07. The number of hydrogen-bond donors (Lipinski definition) is 2. The molecule has 1 atom stereocenters. The summed E-state index contributed by atoms with van der Waals surface area (Å²) in [6, 6.07) is 4.57. The number of guanidine groups is 1. The van der Waals surface area contributed by atoms with E-state index in [1.807, 2.05) is 0 Å². The van der Waals surface area contributed by atoms with Gasteiger partial charge < -0.3 is 24.7 Å². The average molecular weight is 564 g/mol. The van der Waals surface area contributed by atoms with Crippen LogP contribution in [0.25, 0.3) is 0 Å². The molecule has 0 aliphatic carbocycles. The minimum atomic E-state index is 0. The van der Waals surface area contributed by atoms with Gasteiger partial charge in [0.1, 0.15) is 12.2 Å². The Morgan fingerprint density at radius 2 is 2.13 bits per heavy atom. The standard InChI is InChI=1S/C20H33N7O2S.HI/c1-3-19-25-24-16-27(19)8-6-21-20(22-7-11-28-2)23-15-17(18-5-4-14-30-18)26-9-12-29-13-10-26;/h4-5,14,16-17H,3,6-13,15H2,1-2H3,(H2,21,22,23);1H. The first-order chi connectivity index (χ1) is 14.8. The maximum Gasteiger partial charge on any atom is 0.191 e. The highest BCUT2D eigenvalue weighted by Crippen LogP contribution is 2.26. The van der Waals surface area contributed by atoms with Gasteiger partial charge in [0.05, 0.1) is 32.4 Å². The molecule has 0 saturated carbocycles. The predicted octanol–water partition coefficient (Wildman–Crippen LogP) is 1.78. The van der Waals surface area contributed by atoms with Gasteiger partial charge >= 0.3 is 0 Å². The summed E-state index contributed by atoms with van der Waals surface area (Å²) in [6.07, 6.45) is 2.65. The summed E-state index contributed by atoms with van der Waals surface area (Å²) < 4.78 is 12.8. The van der Waals surface area contributed by atoms with Gasteiger partial charge in [0.2, 0.25) is 0 Å². The molecular weight excluding hydrogens is 529 g/mol. The Balaban J connectivity index is 0.00000341. The molecule has 1 unspecified atom stereocenters. The van der Waals surface area contributed by atoms with E-state index in [9.17, 15) is 0 Å². The first-order valence-corrected chi connectivity index (χ1v) is 11.4. The quantitative estimate of drug-likeness (QED) is 0.187. The van der Waals surface area contributed by atoms with Crippen LogP contribution >= 0.6 is 35.3 Å². The number of hydrogen-bond acceptors (Lipinski definition) is 7. The number of ether oxygens (including phenoxy) is 2. The molecule has 0 radical (unpaired) electrons. The van der Waals surface area contributed by atoms with Crippen molar-refractivity contribution in [2.45, 2.75) is 25.9 Å². The third-order valence-electron chi connectivity index (χ3n) is 5.04. The summed E-state index contributed by atoms with van der Waals surface area (Å²) in [5, 5.41) is 17.1. The van der Waals surface area contributed by atoms with Crippen LogP contribution in [0.4, 0.5) is 0 Å². The van der Waals surface area contributed by atoms with E-state index in [0.717, 1.165) is 57.6 Å². The van der Waals surface area contributed by atoms with Gasteiger partial charge in [0, 0.05) is 51.1 Å². The predicted molar refractivity (Wildman–Crippen MR) is 134 cm³/mol. The third-order valence-corrected chi connectivity index (χ3v) is 6.01. The second kappa shape index (κ2) is 14.7. The van der Waals surface area contributed by atoms with Gasteiger partial charge in [-0.05, 0) is 11.4 Å². The molecule has 1 saturated heterocycles. The number of aromatic nitrogens is 3. The number of morpholine rings is 1. The van der Waals surface area contributed by atoms with E-state index in [4.69, 9.17) is 14.5 Å². The van der Waals surface area contributed by atoms with Gasteiger partial charge in [-0.1, -0.05) is 13.0 Å². The van der Waals surface area contributed by atoms with Crippen molar-refractivity contribution < 1.29 is 9.47 Å². The number of halogens is 1. The van der Waals surface area contributed by atoms with Crippen LogP contribution in [-0.2, 0) is 22.4 Å². The molecule has 2 aromatic rings. The van der Waals surface area contributed by atoms with E-state index in [-0.39, 0.29) is 30.0 Å². The Kier molecular flexibility index (Phi) is 12.3. The van der Waals surface area contributed by atoms with Crippen molar-refractivity contribution in [2.24, 2.45) is 4.99 Å². The van der Waals surface area contributed by atoms with E-state index >= 15 is 0 Å². The maximum atomic E-state index is 5.54. The van der Waals surface area contributed by atoms with Gasteiger partial charge in [-0.2, -0.15) is 0 Å². The summed E-state index contributed by atoms with van der Waals surface area (Å²) >= 11 is 1.79. The van der Waals surface area contributed by atoms with Crippen molar-refractivity contribution in [3.05, 3.63) is 34.5 Å². The zero-order valence-electron chi connectivity index (χ0n) is 18.3. The topological polar surface area (TPSA) is 88.8 Å². The highest BCUT2D eigenvalue weighted by atomic mass is 127. The van der Waals surface area contributed by atoms with E-state index < -0.39 is 0 Å². The molecule has 3 rings (SSSR count). The van der Waals surface area contributed by atoms with Crippen molar-refractivity contribution >= 4 is 41.3 Å². The normalized spacial score (nSPS) is 16.0. The molecule has 174 valence electrons. The Morgan fingerprint density at radius 1 is 1.32 bits per heavy atom. The second-order valence-corrected chi connectivity index (χ2v) is 7.99. The van der Waals surface area contributed by atoms with Crippen molar-refractivity contribution in [1.82, 2.24) is 30.3 Å². The number of methoxy groups -OCH3 is 1. The molecule has 2 aromatic heterocycles. The number of rotatable bonds is 11. The second-order valence-electron chi connectivity index (χ2n) is 7.01. The van der Waals surface area contributed by atoms with E-state index in [0.29, 0.717) is 19.7 Å². The average Bonchev–Trinajstić information content (AvgIpc) is 3.46. The largest absolute Gasteiger partial charge is 0.383 e. The van der Waals surface area contributed by atoms with Crippen LogP contribution in [0.2, 0.25) is 0 Å². The van der Waals surface area contributed by atoms with Crippen LogP contribution in [0.15, 0.2) is 28.8 Å². The molecule has 2 N–H and O–H groups in total. The molecule has 1 aliphatic rings. The van der Waals surface area contributed by atoms with Crippen molar-refractivity contribution in [3.8, 4) is 0 Å². The van der Waals surface area contributed by atoms with E-state index in [1.165, 1.54) is 4.88 Å². The molecule has 9 nitrogen and oxygen atoms in total. The fourth-order valence-corrected chi connectivity index (χ4v) is 4.27. The van der Waals surface area contributed by atoms with Gasteiger partial charge in [-0.3, -0.25) is 9.89 Å². The minimum Gasteiger partial charge on any atom is -0.383 e. The summed E-state index contributed by atoms with van der Waals surface area (Å²) in [5.41, 5.74) is 0. The van der Waals surface area contributed by atoms with Gasteiger partial charge in [0.15, 0.2) is 5.96 Å². The highest BCUT2D eigenvalue weighted by molar-refractivity contribution is 14.0. The SMILES string of the molecule is CCc1nncn1CCNC(=NCC(c1cccs1)N1CCOCC1)NCCOC.I. The Labute approximate surface area is 205 Å². The fourth-order valence-electron chi connectivity index (χ4n) is 3.41. The van der Waals surface area contributed by atoms with Crippen LogP contribution in [0, 0.1) is 0 Å². The van der Waals surface area contributed by atoms with Crippen molar-refractivity contribution in [2.75, 3.05) is 59.7 Å². The summed E-state index contributed by atoms with van der Waals surface area (Å²) in [5.74, 6) is 1.79. The van der Waals surface area contributed by atoms with Crippen LogP contribution in [0.5, 0.6) is 0 Å². The first kappa shape index (κ1) is 26.0. The number of thiophene rings is 1. The zero-order chi connectivity index (χ0) is 21.0. The molecule has 1 aliphatic heterocycles. The Bertz CT molecular complexity index is 751. The lowest BCUT2D eigenvalue weighted by Crippen LogP contribution is -2.42. The number of nitrogens with zero attached hydrogens (tertiary/aromatic N) is 5. The zero-order valence-corrected chi connectivity index (χ0v) is 21.5. The van der Waals surface area contributed by atoms with Crippen LogP contribution in [0.3, 0.4) is 0 Å². The molecule has 0 amide bonds. The van der Waals surface area contributed by atoms with Crippen LogP contribution in [0.1, 0.15) is 23.7 Å². The van der Waals surface area contributed by atoms with Gasteiger partial charge in [-0.15, -0.1) is 45.5 Å². The molecule has 1 fully saturated rings. The Hall–Kier alpha value is -1.28. The maximum absolute atomic E-state index is 5.54. The molecule has 11 heteroatoms. The highest BCUT2D eigenvalue weighted by Gasteiger charge is 2.23. The number of aryl methyl sites for hydroxylation is 1. The lowest BCUT2D eigenvalue weighted by atomic mass is 10.2. The molecule has 31 heavy (non-hydrogen) atoms. The molecule has 0 aromatic carbocycles. The molecule has 3 heterocycles.